The van der Waals surface area contributed by atoms with Crippen molar-refractivity contribution in [3.8, 4) is 0 Å². The number of hydrogen-bond donors (Lipinski definition) is 1. The zero-order valence-electron chi connectivity index (χ0n) is 13.0. The Balaban J connectivity index is 0.00000288. The maximum atomic E-state index is 11.9. The molecule has 11 heteroatoms. The Hall–Kier alpha value is -1.46. The van der Waals surface area contributed by atoms with Crippen LogP contribution in [0.3, 0.4) is 0 Å². The van der Waals surface area contributed by atoms with Gasteiger partial charge >= 0.3 is 35.5 Å². The molecule has 0 aromatic heterocycles. The molecule has 1 aliphatic rings. The van der Waals surface area contributed by atoms with E-state index in [0.29, 0.717) is 5.56 Å². The van der Waals surface area contributed by atoms with Gasteiger partial charge in [0.1, 0.15) is 6.04 Å². The van der Waals surface area contributed by atoms with E-state index < -0.39 is 40.2 Å². The van der Waals surface area contributed by atoms with Gasteiger partial charge < -0.3 is 14.6 Å². The fourth-order valence-corrected chi connectivity index (χ4v) is 3.03. The number of carbonyl (C=O) groups excluding carboxylic acids is 3. The number of β-lactam (4-membered cyclic amide) rings is 1. The Morgan fingerprint density at radius 2 is 1.88 bits per heavy atom. The van der Waals surface area contributed by atoms with E-state index in [1.54, 1.807) is 30.3 Å². The summed E-state index contributed by atoms with van der Waals surface area (Å²) in [4.78, 5) is 35.2. The number of hydrogen-bond acceptors (Lipinski definition) is 7. The first-order valence-electron chi connectivity index (χ1n) is 6.46. The molecule has 2 atom stereocenters. The zero-order chi connectivity index (χ0) is 17.2. The molecule has 1 aromatic carbocycles. The van der Waals surface area contributed by atoms with Crippen molar-refractivity contribution in [3.05, 3.63) is 35.9 Å². The van der Waals surface area contributed by atoms with Crippen molar-refractivity contribution in [2.24, 2.45) is 0 Å². The second kappa shape index (κ2) is 8.08. The minimum atomic E-state index is -5.17. The summed E-state index contributed by atoms with van der Waals surface area (Å²) < 4.78 is 37.3. The first-order chi connectivity index (χ1) is 10.8. The van der Waals surface area contributed by atoms with E-state index in [-0.39, 0.29) is 40.3 Å². The third-order valence-electron chi connectivity index (χ3n) is 3.26. The molecule has 24 heavy (non-hydrogen) atoms. The summed E-state index contributed by atoms with van der Waals surface area (Å²) in [5.74, 6) is -2.86. The van der Waals surface area contributed by atoms with E-state index in [2.05, 4.69) is 10.1 Å². The van der Waals surface area contributed by atoms with Gasteiger partial charge in [-0.3, -0.25) is 9.59 Å². The summed E-state index contributed by atoms with van der Waals surface area (Å²) in [6.45, 7) is 0. The van der Waals surface area contributed by atoms with E-state index >= 15 is 0 Å². The molecule has 9 nitrogen and oxygen atoms in total. The van der Waals surface area contributed by atoms with Crippen LogP contribution < -0.4 is 34.9 Å². The van der Waals surface area contributed by atoms with E-state index in [1.165, 1.54) is 0 Å². The van der Waals surface area contributed by atoms with Gasteiger partial charge in [-0.25, -0.2) is 17.5 Å². The van der Waals surface area contributed by atoms with Gasteiger partial charge in [0, 0.05) is 0 Å². The zero-order valence-corrected chi connectivity index (χ0v) is 15.8. The third-order valence-corrected chi connectivity index (χ3v) is 4.15. The minimum absolute atomic E-state index is 0. The minimum Gasteiger partial charge on any atom is -0.731 e. The van der Waals surface area contributed by atoms with E-state index in [4.69, 9.17) is 0 Å². The molecule has 0 aliphatic carbocycles. The predicted molar refractivity (Wildman–Crippen MR) is 74.4 cm³/mol. The van der Waals surface area contributed by atoms with Crippen LogP contribution in [0.1, 0.15) is 5.56 Å². The molecule has 124 valence electrons. The fourth-order valence-electron chi connectivity index (χ4n) is 2.21. The molecular weight excluding hydrogens is 351 g/mol. The van der Waals surface area contributed by atoms with Gasteiger partial charge in [0.05, 0.1) is 13.5 Å². The van der Waals surface area contributed by atoms with Crippen LogP contribution in [0.25, 0.3) is 0 Å². The van der Waals surface area contributed by atoms with Crippen molar-refractivity contribution in [2.45, 2.75) is 18.5 Å². The standard InChI is InChI=1S/C13H14N2O7S.Na/c1-22-13(18)11-10(12(17)15(11)23(19,20)21)14-9(16)7-8-5-3-2-4-6-8;/h2-6,10-11H,7H2,1H3,(H,14,16)(H,19,20,21);/q;+1/p-1/t10-,11-;/m1./s1. The second-order valence-electron chi connectivity index (χ2n) is 4.77. The number of nitrogens with one attached hydrogen (secondary N) is 1. The van der Waals surface area contributed by atoms with Gasteiger partial charge in [-0.15, -0.1) is 0 Å². The summed E-state index contributed by atoms with van der Waals surface area (Å²) in [5, 5.41) is 2.25. The average Bonchev–Trinajstić information content (AvgIpc) is 2.48. The maximum Gasteiger partial charge on any atom is 1.00 e. The maximum absolute atomic E-state index is 11.9. The Labute approximate surface area is 160 Å². The van der Waals surface area contributed by atoms with Crippen LogP contribution in [0.5, 0.6) is 0 Å². The molecule has 1 aliphatic heterocycles. The molecule has 1 heterocycles. The Morgan fingerprint density at radius 3 is 2.38 bits per heavy atom. The smallest absolute Gasteiger partial charge is 0.731 e. The van der Waals surface area contributed by atoms with Gasteiger partial charge in [-0.2, -0.15) is 0 Å². The molecule has 0 saturated carbocycles. The fraction of sp³-hybridized carbons (Fsp3) is 0.308. The summed E-state index contributed by atoms with van der Waals surface area (Å²) in [7, 11) is -4.19. The predicted octanol–water partition coefficient (Wildman–Crippen LogP) is -4.44. The molecule has 1 aromatic rings. The number of benzene rings is 1. The van der Waals surface area contributed by atoms with Gasteiger partial charge in [0.2, 0.25) is 5.91 Å². The molecule has 0 bridgehead atoms. The van der Waals surface area contributed by atoms with Crippen molar-refractivity contribution in [2.75, 3.05) is 7.11 Å². The van der Waals surface area contributed by atoms with E-state index in [9.17, 15) is 27.4 Å². The third kappa shape index (κ3) is 4.33. The molecule has 1 fully saturated rings. The molecule has 0 radical (unpaired) electrons. The summed E-state index contributed by atoms with van der Waals surface area (Å²) >= 11 is 0. The summed E-state index contributed by atoms with van der Waals surface area (Å²) in [6.07, 6.45) is -0.0668. The van der Waals surface area contributed by atoms with Crippen molar-refractivity contribution in [1.29, 1.82) is 0 Å². The van der Waals surface area contributed by atoms with Crippen LogP contribution in [0.15, 0.2) is 30.3 Å². The topological polar surface area (TPSA) is 133 Å². The van der Waals surface area contributed by atoms with Crippen LogP contribution in [0.2, 0.25) is 0 Å². The van der Waals surface area contributed by atoms with Crippen LogP contribution in [-0.2, 0) is 35.8 Å². The number of carbonyl (C=O) groups is 3. The monoisotopic (exact) mass is 364 g/mol. The number of esters is 1. The normalized spacial score (nSPS) is 19.8. The molecule has 1 saturated heterocycles. The van der Waals surface area contributed by atoms with Crippen molar-refractivity contribution in [3.63, 3.8) is 0 Å². The van der Waals surface area contributed by atoms with E-state index in [1.807, 2.05) is 0 Å². The average molecular weight is 364 g/mol. The molecule has 1 N–H and O–H groups in total. The van der Waals surface area contributed by atoms with Gasteiger partial charge in [-0.05, 0) is 5.56 Å². The van der Waals surface area contributed by atoms with Crippen LogP contribution in [0, 0.1) is 0 Å². The number of amides is 2. The van der Waals surface area contributed by atoms with Crippen LogP contribution >= 0.6 is 0 Å². The number of ether oxygens (including phenoxy) is 1. The quantitative estimate of drug-likeness (QED) is 0.241. The van der Waals surface area contributed by atoms with Crippen molar-refractivity contribution in [1.82, 2.24) is 9.62 Å². The van der Waals surface area contributed by atoms with Gasteiger partial charge in [0.25, 0.3) is 5.91 Å². The van der Waals surface area contributed by atoms with Gasteiger partial charge in [-0.1, -0.05) is 30.3 Å². The largest absolute Gasteiger partial charge is 1.00 e. The summed E-state index contributed by atoms with van der Waals surface area (Å²) in [6, 6.07) is 5.46. The SMILES string of the molecule is COC(=O)[C@H]1[C@@H](NC(=O)Cc2ccccc2)C(=O)N1S(=O)(=O)[O-].[Na+]. The number of rotatable bonds is 5. The number of nitrogens with zero attached hydrogens (tertiary/aromatic N) is 1. The number of methoxy groups -OCH3 is 1. The van der Waals surface area contributed by atoms with Crippen molar-refractivity contribution < 1.29 is 61.6 Å². The molecular formula is C13H13N2NaO7S. The van der Waals surface area contributed by atoms with E-state index in [0.717, 1.165) is 7.11 Å². The van der Waals surface area contributed by atoms with Gasteiger partial charge in [0.15, 0.2) is 16.3 Å². The molecule has 0 spiro atoms. The Bertz CT molecular complexity index is 738. The molecule has 2 amide bonds. The molecule has 2 rings (SSSR count). The summed E-state index contributed by atoms with van der Waals surface area (Å²) in [5.41, 5.74) is 0.666. The first kappa shape index (κ1) is 20.6. The Kier molecular flexibility index (Phi) is 6.93. The van der Waals surface area contributed by atoms with Crippen molar-refractivity contribution >= 4 is 28.1 Å². The van der Waals surface area contributed by atoms with Crippen LogP contribution in [0.4, 0.5) is 0 Å². The Morgan fingerprint density at radius 1 is 1.29 bits per heavy atom. The second-order valence-corrected chi connectivity index (χ2v) is 6.02. The molecule has 0 unspecified atom stereocenters. The first-order valence-corrected chi connectivity index (χ1v) is 7.82. The van der Waals surface area contributed by atoms with Crippen LogP contribution in [-0.4, -0.2) is 54.3 Å².